The molecule has 0 bridgehead atoms. The van der Waals surface area contributed by atoms with Crippen molar-refractivity contribution in [3.05, 3.63) is 67.9 Å². The SMILES string of the molecule is C=C/C=N\C(=C/C=C)n1ccc2ccccc21. The van der Waals surface area contributed by atoms with Crippen molar-refractivity contribution in [3.63, 3.8) is 0 Å². The van der Waals surface area contributed by atoms with Gasteiger partial charge in [0.25, 0.3) is 0 Å². The summed E-state index contributed by atoms with van der Waals surface area (Å²) in [6.07, 6.45) is 8.92. The van der Waals surface area contributed by atoms with Gasteiger partial charge >= 0.3 is 0 Å². The predicted octanol–water partition coefficient (Wildman–Crippen LogP) is 3.88. The first-order chi connectivity index (χ1) is 8.36. The maximum atomic E-state index is 4.33. The van der Waals surface area contributed by atoms with Crippen LogP contribution in [0.4, 0.5) is 0 Å². The second-order valence-electron chi connectivity index (χ2n) is 3.52. The Morgan fingerprint density at radius 2 is 1.94 bits per heavy atom. The first-order valence-electron chi connectivity index (χ1n) is 5.41. The van der Waals surface area contributed by atoms with Gasteiger partial charge in [-0.05, 0) is 23.6 Å². The smallest absolute Gasteiger partial charge is 0.136 e. The molecule has 1 heterocycles. The Morgan fingerprint density at radius 3 is 2.71 bits per heavy atom. The van der Waals surface area contributed by atoms with E-state index in [1.165, 1.54) is 5.39 Å². The maximum absolute atomic E-state index is 4.33. The van der Waals surface area contributed by atoms with Gasteiger partial charge in [-0.3, -0.25) is 0 Å². The first-order valence-corrected chi connectivity index (χ1v) is 5.41. The molecule has 84 valence electrons. The van der Waals surface area contributed by atoms with Gasteiger partial charge in [0.2, 0.25) is 0 Å². The molecule has 0 unspecified atom stereocenters. The Balaban J connectivity index is 2.56. The number of fused-ring (bicyclic) bond motifs is 1. The van der Waals surface area contributed by atoms with Crippen LogP contribution in [0.2, 0.25) is 0 Å². The van der Waals surface area contributed by atoms with E-state index in [0.29, 0.717) is 0 Å². The van der Waals surface area contributed by atoms with E-state index in [2.05, 4.69) is 36.3 Å². The highest BCUT2D eigenvalue weighted by atomic mass is 15.1. The number of aliphatic imine (C=N–C) groups is 1. The van der Waals surface area contributed by atoms with Crippen LogP contribution in [0.3, 0.4) is 0 Å². The van der Waals surface area contributed by atoms with Crippen molar-refractivity contribution in [2.45, 2.75) is 0 Å². The number of allylic oxidation sites excluding steroid dienone is 3. The van der Waals surface area contributed by atoms with Crippen LogP contribution < -0.4 is 0 Å². The highest BCUT2D eigenvalue weighted by molar-refractivity contribution is 5.85. The Morgan fingerprint density at radius 1 is 1.12 bits per heavy atom. The van der Waals surface area contributed by atoms with Gasteiger partial charge in [-0.1, -0.05) is 43.5 Å². The first kappa shape index (κ1) is 11.1. The molecule has 0 aliphatic rings. The summed E-state index contributed by atoms with van der Waals surface area (Å²) in [5.74, 6) is 0.820. The van der Waals surface area contributed by atoms with Crippen molar-refractivity contribution in [2.75, 3.05) is 0 Å². The van der Waals surface area contributed by atoms with Crippen molar-refractivity contribution in [3.8, 4) is 0 Å². The molecule has 1 aromatic carbocycles. The lowest BCUT2D eigenvalue weighted by atomic mass is 10.2. The molecule has 0 saturated heterocycles. The van der Waals surface area contributed by atoms with E-state index in [1.807, 2.05) is 29.0 Å². The highest BCUT2D eigenvalue weighted by Gasteiger charge is 2.02. The molecular formula is C15H14N2. The van der Waals surface area contributed by atoms with E-state index in [4.69, 9.17) is 0 Å². The molecule has 1 aromatic heterocycles. The van der Waals surface area contributed by atoms with E-state index in [-0.39, 0.29) is 0 Å². The monoisotopic (exact) mass is 222 g/mol. The molecule has 0 aliphatic heterocycles. The zero-order valence-electron chi connectivity index (χ0n) is 9.58. The van der Waals surface area contributed by atoms with Crippen molar-refractivity contribution in [1.82, 2.24) is 4.57 Å². The standard InChI is InChI=1S/C15H14N2/c1-3-7-15(16-11-4-2)17-12-10-13-8-5-6-9-14(13)17/h3-12H,1-2H2/b15-7+,16-11-. The number of hydrogen-bond donors (Lipinski definition) is 0. The van der Waals surface area contributed by atoms with Gasteiger partial charge in [0.15, 0.2) is 0 Å². The van der Waals surface area contributed by atoms with Crippen LogP contribution in [0.1, 0.15) is 0 Å². The number of aromatic nitrogens is 1. The fraction of sp³-hybridized carbons (Fsp3) is 0. The summed E-state index contributed by atoms with van der Waals surface area (Å²) in [4.78, 5) is 4.33. The van der Waals surface area contributed by atoms with Crippen LogP contribution >= 0.6 is 0 Å². The minimum absolute atomic E-state index is 0.820. The van der Waals surface area contributed by atoms with E-state index >= 15 is 0 Å². The van der Waals surface area contributed by atoms with Crippen molar-refractivity contribution in [1.29, 1.82) is 0 Å². The lowest BCUT2D eigenvalue weighted by Crippen LogP contribution is -1.92. The maximum Gasteiger partial charge on any atom is 0.136 e. The molecule has 17 heavy (non-hydrogen) atoms. The van der Waals surface area contributed by atoms with Crippen LogP contribution in [0.25, 0.3) is 16.7 Å². The predicted molar refractivity (Wildman–Crippen MR) is 75.1 cm³/mol. The molecule has 0 amide bonds. The largest absolute Gasteiger partial charge is 0.301 e. The van der Waals surface area contributed by atoms with E-state index in [1.54, 1.807) is 18.4 Å². The second-order valence-corrected chi connectivity index (χ2v) is 3.52. The molecule has 0 saturated carbocycles. The van der Waals surface area contributed by atoms with E-state index < -0.39 is 0 Å². The molecule has 0 spiro atoms. The topological polar surface area (TPSA) is 17.3 Å². The molecule has 2 rings (SSSR count). The number of para-hydroxylation sites is 1. The van der Waals surface area contributed by atoms with Gasteiger partial charge in [0, 0.05) is 12.4 Å². The number of rotatable bonds is 4. The van der Waals surface area contributed by atoms with Crippen LogP contribution in [-0.4, -0.2) is 10.8 Å². The van der Waals surface area contributed by atoms with Crippen LogP contribution in [0.15, 0.2) is 72.9 Å². The summed E-state index contributed by atoms with van der Waals surface area (Å²) in [6.45, 7) is 7.33. The van der Waals surface area contributed by atoms with Crippen LogP contribution in [0, 0.1) is 0 Å². The normalized spacial score (nSPS) is 12.1. The Labute approximate surface area is 101 Å². The molecule has 2 nitrogen and oxygen atoms in total. The highest BCUT2D eigenvalue weighted by Crippen LogP contribution is 2.19. The number of benzene rings is 1. The fourth-order valence-corrected chi connectivity index (χ4v) is 1.70. The molecule has 0 N–H and O–H groups in total. The average molecular weight is 222 g/mol. The number of nitrogens with zero attached hydrogens (tertiary/aromatic N) is 2. The quantitative estimate of drug-likeness (QED) is 0.551. The van der Waals surface area contributed by atoms with Gasteiger partial charge < -0.3 is 4.57 Å². The summed E-state index contributed by atoms with van der Waals surface area (Å²) in [5.41, 5.74) is 1.13. The van der Waals surface area contributed by atoms with Crippen molar-refractivity contribution >= 4 is 22.9 Å². The summed E-state index contributed by atoms with van der Waals surface area (Å²) in [7, 11) is 0. The third kappa shape index (κ3) is 2.26. The Bertz CT molecular complexity index is 600. The summed E-state index contributed by atoms with van der Waals surface area (Å²) < 4.78 is 2.02. The molecule has 2 heteroatoms. The van der Waals surface area contributed by atoms with Crippen molar-refractivity contribution < 1.29 is 0 Å². The molecular weight excluding hydrogens is 208 g/mol. The van der Waals surface area contributed by atoms with Gasteiger partial charge in [-0.2, -0.15) is 0 Å². The lowest BCUT2D eigenvalue weighted by Gasteiger charge is -2.04. The molecule has 0 aliphatic carbocycles. The molecule has 2 aromatic rings. The van der Waals surface area contributed by atoms with Gasteiger partial charge in [0.1, 0.15) is 5.82 Å². The Kier molecular flexibility index (Phi) is 3.36. The minimum atomic E-state index is 0.820. The van der Waals surface area contributed by atoms with E-state index in [0.717, 1.165) is 11.3 Å². The lowest BCUT2D eigenvalue weighted by molar-refractivity contribution is 1.13. The Hall–Kier alpha value is -2.35. The molecule has 0 radical (unpaired) electrons. The fourth-order valence-electron chi connectivity index (χ4n) is 1.70. The summed E-state index contributed by atoms with van der Waals surface area (Å²) in [5, 5.41) is 1.19. The average Bonchev–Trinajstić information content (AvgIpc) is 2.78. The zero-order valence-corrected chi connectivity index (χ0v) is 9.58. The van der Waals surface area contributed by atoms with E-state index in [9.17, 15) is 0 Å². The molecule has 0 fully saturated rings. The van der Waals surface area contributed by atoms with Gasteiger partial charge in [-0.25, -0.2) is 4.99 Å². The summed E-state index contributed by atoms with van der Waals surface area (Å²) in [6, 6.07) is 10.2. The number of hydrogen-bond acceptors (Lipinski definition) is 1. The van der Waals surface area contributed by atoms with Crippen LogP contribution in [0.5, 0.6) is 0 Å². The zero-order chi connectivity index (χ0) is 12.1. The van der Waals surface area contributed by atoms with Crippen LogP contribution in [-0.2, 0) is 0 Å². The second kappa shape index (κ2) is 5.12. The third-order valence-corrected chi connectivity index (χ3v) is 2.43. The van der Waals surface area contributed by atoms with Gasteiger partial charge in [0.05, 0.1) is 5.52 Å². The van der Waals surface area contributed by atoms with Crippen molar-refractivity contribution in [2.24, 2.45) is 4.99 Å². The molecule has 0 atom stereocenters. The minimum Gasteiger partial charge on any atom is -0.301 e. The summed E-state index contributed by atoms with van der Waals surface area (Å²) >= 11 is 0. The third-order valence-electron chi connectivity index (χ3n) is 2.43. The van der Waals surface area contributed by atoms with Gasteiger partial charge in [-0.15, -0.1) is 0 Å².